The SMILES string of the molecule is CCCCCCCCCCC(CCCCCCCC)CN1C(=O)C(c2ccc(Br)cc2)=c2ccc3c4c(ccc3c21)=C(c1ccc(Br)cc1)C(=O)N4CC(CCCCCCCC)CCCCCCCCCC. The van der Waals surface area contributed by atoms with Gasteiger partial charge >= 0.3 is 0 Å². The molecule has 394 valence electrons. The molecule has 0 saturated carbocycles. The largest absolute Gasteiger partial charge is 0.307 e. The highest BCUT2D eigenvalue weighted by Crippen LogP contribution is 2.40. The lowest BCUT2D eigenvalue weighted by molar-refractivity contribution is -0.114. The van der Waals surface area contributed by atoms with Crippen LogP contribution in [0.5, 0.6) is 0 Å². The average Bonchev–Trinajstić information content (AvgIpc) is 3.83. The minimum absolute atomic E-state index is 0.114. The van der Waals surface area contributed by atoms with Crippen LogP contribution >= 0.6 is 31.9 Å². The fraction of sp³-hybridized carbons (Fsp3) is 0.606. The molecule has 0 bridgehead atoms. The van der Waals surface area contributed by atoms with Crippen molar-refractivity contribution in [1.82, 2.24) is 0 Å². The van der Waals surface area contributed by atoms with Gasteiger partial charge in [0.05, 0.1) is 22.5 Å². The maximum absolute atomic E-state index is 15.3. The zero-order valence-corrected chi connectivity index (χ0v) is 48.8. The molecular formula is C66H94Br2N2O2. The Morgan fingerprint density at radius 2 is 0.611 bits per heavy atom. The van der Waals surface area contributed by atoms with Crippen LogP contribution < -0.4 is 20.2 Å². The summed E-state index contributed by atoms with van der Waals surface area (Å²) >= 11 is 7.34. The fourth-order valence-electron chi connectivity index (χ4n) is 11.9. The quantitative estimate of drug-likeness (QED) is 0.0420. The molecule has 72 heavy (non-hydrogen) atoms. The Morgan fingerprint density at radius 3 is 0.889 bits per heavy atom. The van der Waals surface area contributed by atoms with Gasteiger partial charge in [-0.25, -0.2) is 0 Å². The van der Waals surface area contributed by atoms with Gasteiger partial charge in [-0.05, 0) is 72.9 Å². The molecule has 4 aromatic rings. The van der Waals surface area contributed by atoms with Crippen LogP contribution in [0.2, 0.25) is 0 Å². The molecule has 2 unspecified atom stereocenters. The number of amides is 2. The number of nitrogens with zero attached hydrogens (tertiary/aromatic N) is 2. The summed E-state index contributed by atoms with van der Waals surface area (Å²) in [5.41, 5.74) is 5.59. The van der Waals surface area contributed by atoms with E-state index in [0.717, 1.165) is 103 Å². The summed E-state index contributed by atoms with van der Waals surface area (Å²) in [5, 5.41) is 4.21. The van der Waals surface area contributed by atoms with Gasteiger partial charge in [0.2, 0.25) is 0 Å². The van der Waals surface area contributed by atoms with Crippen LogP contribution in [0.15, 0.2) is 81.7 Å². The van der Waals surface area contributed by atoms with Crippen LogP contribution in [-0.2, 0) is 9.59 Å². The number of hydrogen-bond donors (Lipinski definition) is 0. The first-order valence-corrected chi connectivity index (χ1v) is 31.4. The summed E-state index contributed by atoms with van der Waals surface area (Å²) in [5.74, 6) is 1.08. The second kappa shape index (κ2) is 32.3. The summed E-state index contributed by atoms with van der Waals surface area (Å²) in [6.45, 7) is 10.6. The third-order valence-electron chi connectivity index (χ3n) is 16.2. The first kappa shape index (κ1) is 58.0. The van der Waals surface area contributed by atoms with Crippen molar-refractivity contribution >= 4 is 77.0 Å². The Kier molecular flexibility index (Phi) is 26.0. The third kappa shape index (κ3) is 16.9. The molecule has 0 radical (unpaired) electrons. The van der Waals surface area contributed by atoms with Gasteiger partial charge in [-0.15, -0.1) is 0 Å². The molecule has 4 nitrogen and oxygen atoms in total. The number of hydrogen-bond acceptors (Lipinski definition) is 2. The summed E-state index contributed by atoms with van der Waals surface area (Å²) in [7, 11) is 0. The highest BCUT2D eigenvalue weighted by Gasteiger charge is 2.37. The van der Waals surface area contributed by atoms with E-state index in [0.29, 0.717) is 11.8 Å². The smallest absolute Gasteiger partial charge is 0.259 e. The predicted octanol–water partition coefficient (Wildman–Crippen LogP) is 19.3. The molecule has 0 spiro atoms. The van der Waals surface area contributed by atoms with E-state index in [1.165, 1.54) is 180 Å². The van der Waals surface area contributed by atoms with Gasteiger partial charge < -0.3 is 9.80 Å². The topological polar surface area (TPSA) is 40.6 Å². The third-order valence-corrected chi connectivity index (χ3v) is 17.2. The molecule has 4 aromatic carbocycles. The normalized spacial score (nSPS) is 14.3. The first-order valence-electron chi connectivity index (χ1n) is 29.8. The molecule has 0 aliphatic carbocycles. The predicted molar refractivity (Wildman–Crippen MR) is 319 cm³/mol. The zero-order chi connectivity index (χ0) is 50.9. The van der Waals surface area contributed by atoms with Gasteiger partial charge in [0.1, 0.15) is 0 Å². The van der Waals surface area contributed by atoms with E-state index in [4.69, 9.17) is 0 Å². The van der Waals surface area contributed by atoms with E-state index in [1.54, 1.807) is 0 Å². The van der Waals surface area contributed by atoms with Gasteiger partial charge in [0.15, 0.2) is 0 Å². The number of anilines is 2. The zero-order valence-electron chi connectivity index (χ0n) is 45.6. The second-order valence-corrected chi connectivity index (χ2v) is 23.8. The number of carbonyl (C=O) groups is 2. The van der Waals surface area contributed by atoms with Crippen LogP contribution in [0.1, 0.15) is 244 Å². The first-order chi connectivity index (χ1) is 35.3. The molecule has 0 aromatic heterocycles. The van der Waals surface area contributed by atoms with Gasteiger partial charge in [0.25, 0.3) is 11.8 Å². The highest BCUT2D eigenvalue weighted by atomic mass is 79.9. The molecule has 6 heteroatoms. The minimum atomic E-state index is 0.114. The fourth-order valence-corrected chi connectivity index (χ4v) is 12.5. The van der Waals surface area contributed by atoms with E-state index in [2.05, 4.69) is 142 Å². The van der Waals surface area contributed by atoms with Crippen molar-refractivity contribution in [3.63, 3.8) is 0 Å². The Balaban J connectivity index is 1.39. The Morgan fingerprint density at radius 1 is 0.347 bits per heavy atom. The van der Waals surface area contributed by atoms with Gasteiger partial charge in [-0.2, -0.15) is 0 Å². The Hall–Kier alpha value is -3.22. The summed E-state index contributed by atoms with van der Waals surface area (Å²) in [6.07, 6.45) is 41.0. The van der Waals surface area contributed by atoms with Crippen molar-refractivity contribution in [2.75, 3.05) is 22.9 Å². The van der Waals surface area contributed by atoms with Gasteiger partial charge in [-0.1, -0.05) is 288 Å². The van der Waals surface area contributed by atoms with Crippen LogP contribution in [0, 0.1) is 11.8 Å². The monoisotopic (exact) mass is 1100 g/mol. The van der Waals surface area contributed by atoms with Gasteiger partial charge in [-0.3, -0.25) is 9.59 Å². The summed E-state index contributed by atoms with van der Waals surface area (Å²) < 4.78 is 2.01. The maximum atomic E-state index is 15.3. The number of fused-ring (bicyclic) bond motifs is 5. The second-order valence-electron chi connectivity index (χ2n) is 22.0. The summed E-state index contributed by atoms with van der Waals surface area (Å²) in [6, 6.07) is 25.6. The minimum Gasteiger partial charge on any atom is -0.307 e. The molecule has 2 atom stereocenters. The molecular weight excluding hydrogens is 1010 g/mol. The Bertz CT molecular complexity index is 2200. The molecule has 2 amide bonds. The van der Waals surface area contributed by atoms with Crippen LogP contribution in [0.4, 0.5) is 11.4 Å². The molecule has 2 aliphatic rings. The van der Waals surface area contributed by atoms with Crippen molar-refractivity contribution in [2.24, 2.45) is 11.8 Å². The molecule has 2 aliphatic heterocycles. The maximum Gasteiger partial charge on any atom is 0.259 e. The van der Waals surface area contributed by atoms with Crippen LogP contribution in [0.3, 0.4) is 0 Å². The Labute approximate surface area is 454 Å². The number of benzene rings is 4. The van der Waals surface area contributed by atoms with E-state index in [9.17, 15) is 0 Å². The van der Waals surface area contributed by atoms with Crippen molar-refractivity contribution in [3.05, 3.63) is 103 Å². The molecule has 0 N–H and O–H groups in total. The average molecular weight is 1110 g/mol. The lowest BCUT2D eigenvalue weighted by Gasteiger charge is -2.28. The number of carbonyl (C=O) groups excluding carboxylic acids is 2. The van der Waals surface area contributed by atoms with Gasteiger partial charge in [0, 0.05) is 43.2 Å². The lowest BCUT2D eigenvalue weighted by atomic mass is 9.92. The molecule has 0 saturated heterocycles. The molecule has 2 heterocycles. The van der Waals surface area contributed by atoms with E-state index >= 15 is 9.59 Å². The van der Waals surface area contributed by atoms with Crippen molar-refractivity contribution < 1.29 is 9.59 Å². The number of unbranched alkanes of at least 4 members (excludes halogenated alkanes) is 24. The number of halogens is 2. The van der Waals surface area contributed by atoms with Crippen molar-refractivity contribution in [1.29, 1.82) is 0 Å². The van der Waals surface area contributed by atoms with Crippen LogP contribution in [-0.4, -0.2) is 24.9 Å². The van der Waals surface area contributed by atoms with Crippen molar-refractivity contribution in [2.45, 2.75) is 233 Å². The summed E-state index contributed by atoms with van der Waals surface area (Å²) in [4.78, 5) is 35.1. The number of rotatable bonds is 38. The molecule has 0 fully saturated rings. The van der Waals surface area contributed by atoms with E-state index in [-0.39, 0.29) is 11.8 Å². The van der Waals surface area contributed by atoms with E-state index in [1.807, 2.05) is 0 Å². The lowest BCUT2D eigenvalue weighted by Crippen LogP contribution is -2.34. The van der Waals surface area contributed by atoms with Crippen LogP contribution in [0.25, 0.3) is 21.9 Å². The standard InChI is InChI=1S/C66H94Br2N2O2/c1-5-9-13-17-21-23-27-31-35-51(33-29-25-19-15-11-7-3)49-69-63-57-45-48-60-62(54-39-43-56(68)44-40-54)66(72)70(50-52(34-30-26-20-16-12-8-4)36-32-28-24-22-18-14-10-6-2)64(60)58(57)46-47-59(63)61(65(69)71)53-37-41-55(67)42-38-53/h37-48,51-52H,5-36,49-50H2,1-4H3. The highest BCUT2D eigenvalue weighted by molar-refractivity contribution is 9.10. The van der Waals surface area contributed by atoms with Crippen molar-refractivity contribution in [3.8, 4) is 0 Å². The molecule has 6 rings (SSSR count). The van der Waals surface area contributed by atoms with E-state index < -0.39 is 0 Å².